The van der Waals surface area contributed by atoms with Crippen LogP contribution in [0.2, 0.25) is 5.15 Å². The number of nitro groups is 1. The quantitative estimate of drug-likeness (QED) is 0.195. The molecule has 0 aromatic carbocycles. The Balaban J connectivity index is 2.08. The first-order valence-electron chi connectivity index (χ1n) is 8.76. The van der Waals surface area contributed by atoms with E-state index in [0.29, 0.717) is 0 Å². The second-order valence-electron chi connectivity index (χ2n) is 6.41. The fourth-order valence-corrected chi connectivity index (χ4v) is 3.26. The van der Waals surface area contributed by atoms with Gasteiger partial charge >= 0.3 is 23.9 Å². The van der Waals surface area contributed by atoms with Crippen molar-refractivity contribution >= 4 is 46.6 Å². The summed E-state index contributed by atoms with van der Waals surface area (Å²) < 4.78 is 22.6. The molecule has 0 bridgehead atoms. The molecule has 1 aliphatic heterocycles. The first-order chi connectivity index (χ1) is 14.6. The van der Waals surface area contributed by atoms with Crippen molar-refractivity contribution in [3.05, 3.63) is 21.6 Å². The van der Waals surface area contributed by atoms with Crippen molar-refractivity contribution in [2.45, 2.75) is 45.3 Å². The number of carbonyl (C=O) groups excluding carboxylic acids is 3. The van der Waals surface area contributed by atoms with Crippen molar-refractivity contribution in [2.75, 3.05) is 6.61 Å². The number of ether oxygens (including phenoxy) is 4. The number of halogens is 1. The topological polar surface area (TPSA) is 175 Å². The highest BCUT2D eigenvalue weighted by molar-refractivity contribution is 6.33. The average molecular weight is 458 g/mol. The van der Waals surface area contributed by atoms with Gasteiger partial charge in [-0.05, 0) is 21.5 Å². The molecule has 1 fully saturated rings. The van der Waals surface area contributed by atoms with E-state index in [-0.39, 0.29) is 22.9 Å². The molecule has 0 amide bonds. The predicted molar refractivity (Wildman–Crippen MR) is 98.6 cm³/mol. The molecule has 14 nitrogen and oxygen atoms in total. The molecule has 166 valence electrons. The van der Waals surface area contributed by atoms with Crippen molar-refractivity contribution < 1.29 is 38.3 Å². The van der Waals surface area contributed by atoms with Crippen LogP contribution in [0.5, 0.6) is 0 Å². The van der Waals surface area contributed by atoms with Crippen LogP contribution in [0.3, 0.4) is 0 Å². The lowest BCUT2D eigenvalue weighted by Gasteiger charge is -2.23. The number of fused-ring (bicyclic) bond motifs is 1. The molecule has 1 unspecified atom stereocenters. The highest BCUT2D eigenvalue weighted by Crippen LogP contribution is 2.36. The van der Waals surface area contributed by atoms with Crippen LogP contribution >= 0.6 is 11.6 Å². The molecule has 31 heavy (non-hydrogen) atoms. The monoisotopic (exact) mass is 457 g/mol. The van der Waals surface area contributed by atoms with E-state index in [9.17, 15) is 24.5 Å². The average Bonchev–Trinajstić information content (AvgIpc) is 3.21. The van der Waals surface area contributed by atoms with Crippen LogP contribution in [-0.4, -0.2) is 67.3 Å². The molecule has 0 aliphatic carbocycles. The Hall–Kier alpha value is -3.39. The number of aromatic nitrogens is 4. The van der Waals surface area contributed by atoms with Gasteiger partial charge in [0.15, 0.2) is 24.0 Å². The molecule has 0 saturated carbocycles. The Kier molecular flexibility index (Phi) is 6.31. The van der Waals surface area contributed by atoms with Gasteiger partial charge in [0, 0.05) is 20.8 Å². The normalized spacial score (nSPS) is 22.8. The van der Waals surface area contributed by atoms with Gasteiger partial charge in [0.05, 0.1) is 0 Å². The molecule has 3 heterocycles. The molecule has 0 radical (unpaired) electrons. The molecule has 3 rings (SSSR count). The second-order valence-corrected chi connectivity index (χ2v) is 6.77. The Morgan fingerprint density at radius 3 is 2.39 bits per heavy atom. The zero-order valence-electron chi connectivity index (χ0n) is 16.4. The fraction of sp³-hybridized carbons (Fsp3) is 0.500. The molecule has 4 atom stereocenters. The van der Waals surface area contributed by atoms with Crippen LogP contribution in [0.15, 0.2) is 6.33 Å². The van der Waals surface area contributed by atoms with Crippen molar-refractivity contribution in [3.63, 3.8) is 0 Å². The second kappa shape index (κ2) is 8.77. The molecule has 1 aliphatic rings. The van der Waals surface area contributed by atoms with E-state index in [4.69, 9.17) is 30.5 Å². The third-order valence-electron chi connectivity index (χ3n) is 4.14. The molecule has 15 heteroatoms. The standard InChI is InChI=1S/C16H16ClN5O9/c1-6(23)28-4-9-11(29-7(2)24)12(30-8(3)25)15(31-9)21-5-18-10-13(17)19-16(22(26)27)20-14(10)21/h5,9,11-12,15H,4H2,1-3H3/t9-,11?,12+,15-/m1/s1. The molecule has 0 N–H and O–H groups in total. The number of hydrogen-bond acceptors (Lipinski definition) is 12. The number of rotatable bonds is 6. The van der Waals surface area contributed by atoms with Crippen LogP contribution in [0.25, 0.3) is 11.2 Å². The van der Waals surface area contributed by atoms with E-state index in [1.807, 2.05) is 0 Å². The molecule has 1 saturated heterocycles. The van der Waals surface area contributed by atoms with E-state index in [1.165, 1.54) is 17.8 Å². The first kappa shape index (κ1) is 22.3. The highest BCUT2D eigenvalue weighted by atomic mass is 35.5. The molecule has 2 aromatic rings. The minimum absolute atomic E-state index is 0.0323. The van der Waals surface area contributed by atoms with Crippen LogP contribution < -0.4 is 0 Å². The summed E-state index contributed by atoms with van der Waals surface area (Å²) in [7, 11) is 0. The maximum Gasteiger partial charge on any atom is 0.472 e. The van der Waals surface area contributed by atoms with Crippen molar-refractivity contribution in [1.82, 2.24) is 19.5 Å². The Morgan fingerprint density at radius 2 is 1.81 bits per heavy atom. The van der Waals surface area contributed by atoms with E-state index < -0.39 is 53.3 Å². The smallest absolute Gasteiger partial charge is 0.463 e. The Labute approximate surface area is 178 Å². The summed E-state index contributed by atoms with van der Waals surface area (Å²) >= 11 is 5.97. The van der Waals surface area contributed by atoms with Crippen LogP contribution in [0.4, 0.5) is 5.95 Å². The van der Waals surface area contributed by atoms with Crippen molar-refractivity contribution in [3.8, 4) is 0 Å². The molecule has 0 spiro atoms. The Bertz CT molecular complexity index is 1060. The van der Waals surface area contributed by atoms with Gasteiger partial charge in [-0.3, -0.25) is 19.0 Å². The van der Waals surface area contributed by atoms with Gasteiger partial charge in [0.1, 0.15) is 19.0 Å². The van der Waals surface area contributed by atoms with Crippen LogP contribution in [0, 0.1) is 10.1 Å². The largest absolute Gasteiger partial charge is 0.472 e. The fourth-order valence-electron chi connectivity index (χ4n) is 3.06. The predicted octanol–water partition coefficient (Wildman–Crippen LogP) is 0.712. The molecule has 2 aromatic heterocycles. The minimum atomic E-state index is -1.22. The number of carbonyl (C=O) groups is 3. The summed E-state index contributed by atoms with van der Waals surface area (Å²) in [6, 6.07) is 0. The summed E-state index contributed by atoms with van der Waals surface area (Å²) in [5.41, 5.74) is -0.0477. The van der Waals surface area contributed by atoms with Gasteiger partial charge in [-0.15, -0.1) is 0 Å². The van der Waals surface area contributed by atoms with E-state index >= 15 is 0 Å². The van der Waals surface area contributed by atoms with Crippen molar-refractivity contribution in [1.29, 1.82) is 0 Å². The van der Waals surface area contributed by atoms with Crippen LogP contribution in [-0.2, 0) is 33.3 Å². The summed E-state index contributed by atoms with van der Waals surface area (Å²) in [5.74, 6) is -2.81. The Morgan fingerprint density at radius 1 is 1.16 bits per heavy atom. The minimum Gasteiger partial charge on any atom is -0.463 e. The third-order valence-corrected chi connectivity index (χ3v) is 4.41. The van der Waals surface area contributed by atoms with E-state index in [1.54, 1.807) is 0 Å². The maximum atomic E-state index is 11.7. The number of imidazole rings is 1. The highest BCUT2D eigenvalue weighted by Gasteiger charge is 2.51. The van der Waals surface area contributed by atoms with E-state index in [0.717, 1.165) is 13.8 Å². The number of nitrogens with zero attached hydrogens (tertiary/aromatic N) is 5. The number of esters is 3. The molecular formula is C16H16ClN5O9. The number of hydrogen-bond donors (Lipinski definition) is 0. The van der Waals surface area contributed by atoms with Gasteiger partial charge < -0.3 is 29.1 Å². The van der Waals surface area contributed by atoms with Crippen LogP contribution in [0.1, 0.15) is 27.0 Å². The summed E-state index contributed by atoms with van der Waals surface area (Å²) in [5, 5.41) is 10.8. The van der Waals surface area contributed by atoms with Gasteiger partial charge in [-0.25, -0.2) is 4.98 Å². The maximum absolute atomic E-state index is 11.7. The molecular weight excluding hydrogens is 442 g/mol. The van der Waals surface area contributed by atoms with E-state index in [2.05, 4.69) is 15.0 Å². The zero-order valence-corrected chi connectivity index (χ0v) is 17.1. The van der Waals surface area contributed by atoms with Gasteiger partial charge in [-0.2, -0.15) is 0 Å². The third kappa shape index (κ3) is 4.69. The summed E-state index contributed by atoms with van der Waals surface area (Å²) in [4.78, 5) is 56.3. The first-order valence-corrected chi connectivity index (χ1v) is 9.14. The SMILES string of the molecule is CC(=O)OC[C@H]1O[C@@H](n2cnc3c(Cl)nc([N+](=O)[O-])nc32)[C@@H](OC(C)=O)C1OC(C)=O. The zero-order chi connectivity index (χ0) is 22.9. The lowest BCUT2D eigenvalue weighted by molar-refractivity contribution is -0.394. The van der Waals surface area contributed by atoms with Gasteiger partial charge in [-0.1, -0.05) is 4.98 Å². The lowest BCUT2D eigenvalue weighted by atomic mass is 10.1. The lowest BCUT2D eigenvalue weighted by Crippen LogP contribution is -2.40. The van der Waals surface area contributed by atoms with Crippen molar-refractivity contribution in [2.24, 2.45) is 0 Å². The van der Waals surface area contributed by atoms with Gasteiger partial charge in [0.25, 0.3) is 0 Å². The summed E-state index contributed by atoms with van der Waals surface area (Å²) in [6.45, 7) is 3.14. The summed E-state index contributed by atoms with van der Waals surface area (Å²) in [6.07, 6.45) is -3.38. The van der Waals surface area contributed by atoms with Gasteiger partial charge in [0.2, 0.25) is 10.8 Å².